The van der Waals surface area contributed by atoms with E-state index in [2.05, 4.69) is 10.4 Å². The Bertz CT molecular complexity index is 830. The topological polar surface area (TPSA) is 63.3 Å². The van der Waals surface area contributed by atoms with Crippen molar-refractivity contribution in [2.75, 3.05) is 20.1 Å². The van der Waals surface area contributed by atoms with Crippen LogP contribution in [0.3, 0.4) is 0 Å². The molecular formula is C19H22N4O2. The summed E-state index contributed by atoms with van der Waals surface area (Å²) in [6, 6.07) is 11.8. The molecule has 3 aromatic rings. The molecule has 0 radical (unpaired) electrons. The number of para-hydroxylation sites is 1. The number of aromatic nitrogens is 2. The van der Waals surface area contributed by atoms with E-state index >= 15 is 0 Å². The highest BCUT2D eigenvalue weighted by atomic mass is 16.3. The molecule has 1 aliphatic rings. The van der Waals surface area contributed by atoms with E-state index in [1.165, 1.54) is 0 Å². The lowest BCUT2D eigenvalue weighted by molar-refractivity contribution is -0.142. The van der Waals surface area contributed by atoms with E-state index in [4.69, 9.17) is 4.42 Å². The Hall–Kier alpha value is -2.60. The number of amides is 1. The summed E-state index contributed by atoms with van der Waals surface area (Å²) in [7, 11) is 1.84. The van der Waals surface area contributed by atoms with Crippen LogP contribution in [-0.4, -0.2) is 40.7 Å². The molecule has 1 aromatic carbocycles. The minimum atomic E-state index is -0.616. The number of carbonyl (C=O) groups excluding carboxylic acids is 1. The zero-order valence-electron chi connectivity index (χ0n) is 14.3. The van der Waals surface area contributed by atoms with Crippen molar-refractivity contribution in [1.29, 1.82) is 0 Å². The summed E-state index contributed by atoms with van der Waals surface area (Å²) in [5.74, 6) is 0.875. The highest BCUT2D eigenvalue weighted by molar-refractivity contribution is 5.84. The molecule has 3 heterocycles. The summed E-state index contributed by atoms with van der Waals surface area (Å²) in [5.41, 5.74) is 0.234. The second-order valence-corrected chi connectivity index (χ2v) is 6.64. The second kappa shape index (κ2) is 6.37. The van der Waals surface area contributed by atoms with Gasteiger partial charge < -0.3 is 14.6 Å². The lowest BCUT2D eigenvalue weighted by atomic mass is 9.87. The quantitative estimate of drug-likeness (QED) is 0.793. The van der Waals surface area contributed by atoms with Crippen LogP contribution in [0.5, 0.6) is 0 Å². The van der Waals surface area contributed by atoms with Gasteiger partial charge in [-0.3, -0.25) is 9.48 Å². The average molecular weight is 338 g/mol. The molecule has 0 bridgehead atoms. The molecule has 0 saturated carbocycles. The standard InChI is InChI=1S/C19H22N4O2/c1-22(14-16-13-15-5-2-3-6-17(15)25-16)18(24)19(7-10-20-11-8-19)23-12-4-9-21-23/h2-6,9,12-13,20H,7-8,10-11,14H2,1H3. The molecule has 1 amide bonds. The first-order valence-corrected chi connectivity index (χ1v) is 8.63. The summed E-state index contributed by atoms with van der Waals surface area (Å²) in [5, 5.41) is 8.77. The van der Waals surface area contributed by atoms with Gasteiger partial charge in [0.25, 0.3) is 5.91 Å². The van der Waals surface area contributed by atoms with Gasteiger partial charge in [-0.05, 0) is 44.1 Å². The van der Waals surface area contributed by atoms with Crippen LogP contribution in [0, 0.1) is 0 Å². The predicted octanol–water partition coefficient (Wildman–Crippen LogP) is 2.37. The summed E-state index contributed by atoms with van der Waals surface area (Å²) >= 11 is 0. The van der Waals surface area contributed by atoms with Crippen LogP contribution in [0.2, 0.25) is 0 Å². The molecular weight excluding hydrogens is 316 g/mol. The van der Waals surface area contributed by atoms with Crippen molar-refractivity contribution < 1.29 is 9.21 Å². The van der Waals surface area contributed by atoms with Gasteiger partial charge in [0.05, 0.1) is 6.54 Å². The second-order valence-electron chi connectivity index (χ2n) is 6.64. The van der Waals surface area contributed by atoms with Crippen LogP contribution in [0.25, 0.3) is 11.0 Å². The molecule has 25 heavy (non-hydrogen) atoms. The van der Waals surface area contributed by atoms with Gasteiger partial charge >= 0.3 is 0 Å². The fourth-order valence-electron chi connectivity index (χ4n) is 3.68. The molecule has 4 rings (SSSR count). The molecule has 6 nitrogen and oxygen atoms in total. The third-order valence-corrected chi connectivity index (χ3v) is 4.99. The summed E-state index contributed by atoms with van der Waals surface area (Å²) in [6.45, 7) is 2.07. The van der Waals surface area contributed by atoms with Crippen LogP contribution in [0.1, 0.15) is 18.6 Å². The Kier molecular flexibility index (Phi) is 4.05. The van der Waals surface area contributed by atoms with Crippen molar-refractivity contribution in [2.24, 2.45) is 0 Å². The van der Waals surface area contributed by atoms with Gasteiger partial charge in [-0.1, -0.05) is 18.2 Å². The number of furan rings is 1. The zero-order valence-corrected chi connectivity index (χ0v) is 14.3. The van der Waals surface area contributed by atoms with Crippen molar-refractivity contribution in [3.05, 3.63) is 54.6 Å². The number of carbonyl (C=O) groups is 1. The molecule has 0 spiro atoms. The SMILES string of the molecule is CN(Cc1cc2ccccc2o1)C(=O)C1(n2cccn2)CCNCC1. The van der Waals surface area contributed by atoms with Gasteiger partial charge in [-0.2, -0.15) is 5.10 Å². The molecule has 1 N–H and O–H groups in total. The predicted molar refractivity (Wildman–Crippen MR) is 95.0 cm³/mol. The molecule has 1 fully saturated rings. The molecule has 1 saturated heterocycles. The minimum Gasteiger partial charge on any atom is -0.459 e. The van der Waals surface area contributed by atoms with Crippen LogP contribution in [0.4, 0.5) is 0 Å². The minimum absolute atomic E-state index is 0.0816. The zero-order chi connectivity index (χ0) is 17.3. The maximum Gasteiger partial charge on any atom is 0.250 e. The maximum atomic E-state index is 13.3. The number of hydrogen-bond acceptors (Lipinski definition) is 4. The van der Waals surface area contributed by atoms with Gasteiger partial charge in [0.2, 0.25) is 0 Å². The Labute approximate surface area is 146 Å². The van der Waals surface area contributed by atoms with E-state index in [1.807, 2.05) is 54.3 Å². The molecule has 0 unspecified atom stereocenters. The Balaban J connectivity index is 1.59. The lowest BCUT2D eigenvalue weighted by Gasteiger charge is -2.39. The Morgan fingerprint density at radius 2 is 2.12 bits per heavy atom. The van der Waals surface area contributed by atoms with E-state index in [9.17, 15) is 4.79 Å². The number of nitrogens with one attached hydrogen (secondary N) is 1. The summed E-state index contributed by atoms with van der Waals surface area (Å²) < 4.78 is 7.70. The van der Waals surface area contributed by atoms with Gasteiger partial charge in [0.1, 0.15) is 16.9 Å². The molecule has 2 aromatic heterocycles. The average Bonchev–Trinajstić information content (AvgIpc) is 3.31. The van der Waals surface area contributed by atoms with Crippen molar-refractivity contribution in [1.82, 2.24) is 20.0 Å². The monoisotopic (exact) mass is 338 g/mol. The van der Waals surface area contributed by atoms with Crippen molar-refractivity contribution in [3.63, 3.8) is 0 Å². The van der Waals surface area contributed by atoms with Gasteiger partial charge in [0, 0.05) is 24.8 Å². The fourth-order valence-corrected chi connectivity index (χ4v) is 3.68. The lowest BCUT2D eigenvalue weighted by Crippen LogP contribution is -2.54. The van der Waals surface area contributed by atoms with Gasteiger partial charge in [-0.15, -0.1) is 0 Å². The first kappa shape index (κ1) is 15.9. The molecule has 130 valence electrons. The molecule has 0 atom stereocenters. The number of piperidine rings is 1. The highest BCUT2D eigenvalue weighted by Crippen LogP contribution is 2.30. The summed E-state index contributed by atoms with van der Waals surface area (Å²) in [6.07, 6.45) is 5.09. The van der Waals surface area contributed by atoms with E-state index in [0.717, 1.165) is 42.7 Å². The highest BCUT2D eigenvalue weighted by Gasteiger charge is 2.43. The molecule has 0 aliphatic carbocycles. The van der Waals surface area contributed by atoms with Crippen LogP contribution in [0.15, 0.2) is 53.2 Å². The smallest absolute Gasteiger partial charge is 0.250 e. The van der Waals surface area contributed by atoms with Crippen molar-refractivity contribution in [2.45, 2.75) is 24.9 Å². The number of likely N-dealkylation sites (N-methyl/N-ethyl adjacent to an activating group) is 1. The van der Waals surface area contributed by atoms with E-state index in [1.54, 1.807) is 11.1 Å². The first-order chi connectivity index (χ1) is 12.2. The van der Waals surface area contributed by atoms with Crippen molar-refractivity contribution in [3.8, 4) is 0 Å². The van der Waals surface area contributed by atoms with E-state index < -0.39 is 5.54 Å². The van der Waals surface area contributed by atoms with Crippen LogP contribution in [-0.2, 0) is 16.9 Å². The number of fused-ring (bicyclic) bond motifs is 1. The molecule has 6 heteroatoms. The third kappa shape index (κ3) is 2.82. The normalized spacial score (nSPS) is 16.8. The Morgan fingerprint density at radius 1 is 1.32 bits per heavy atom. The first-order valence-electron chi connectivity index (χ1n) is 8.63. The summed E-state index contributed by atoms with van der Waals surface area (Å²) in [4.78, 5) is 15.1. The van der Waals surface area contributed by atoms with Gasteiger partial charge in [0.15, 0.2) is 0 Å². The number of benzene rings is 1. The van der Waals surface area contributed by atoms with Crippen LogP contribution >= 0.6 is 0 Å². The third-order valence-electron chi connectivity index (χ3n) is 4.99. The maximum absolute atomic E-state index is 13.3. The van der Waals surface area contributed by atoms with E-state index in [-0.39, 0.29) is 5.91 Å². The number of rotatable bonds is 4. The van der Waals surface area contributed by atoms with E-state index in [0.29, 0.717) is 6.54 Å². The Morgan fingerprint density at radius 3 is 2.84 bits per heavy atom. The van der Waals surface area contributed by atoms with Crippen molar-refractivity contribution >= 4 is 16.9 Å². The molecule has 1 aliphatic heterocycles. The fraction of sp³-hybridized carbons (Fsp3) is 0.368. The largest absolute Gasteiger partial charge is 0.459 e. The van der Waals surface area contributed by atoms with Crippen LogP contribution < -0.4 is 5.32 Å². The number of nitrogens with zero attached hydrogens (tertiary/aromatic N) is 3. The van der Waals surface area contributed by atoms with Gasteiger partial charge in [-0.25, -0.2) is 0 Å². The number of hydrogen-bond donors (Lipinski definition) is 1.